The van der Waals surface area contributed by atoms with Gasteiger partial charge in [-0.05, 0) is 23.8 Å². The summed E-state index contributed by atoms with van der Waals surface area (Å²) in [4.78, 5) is 35.7. The summed E-state index contributed by atoms with van der Waals surface area (Å²) in [5, 5.41) is 5.37. The molecule has 31 heavy (non-hydrogen) atoms. The third-order valence-corrected chi connectivity index (χ3v) is 4.42. The highest BCUT2D eigenvalue weighted by Crippen LogP contribution is 2.42. The summed E-state index contributed by atoms with van der Waals surface area (Å²) in [5.74, 6) is -2.23. The molecule has 0 fully saturated rings. The summed E-state index contributed by atoms with van der Waals surface area (Å²) in [6.07, 6.45) is -4.03. The van der Waals surface area contributed by atoms with Crippen LogP contribution in [0.3, 0.4) is 0 Å². The molecule has 0 saturated heterocycles. The average molecular weight is 455 g/mol. The van der Waals surface area contributed by atoms with E-state index in [1.54, 1.807) is 24.3 Å². The molecule has 0 spiro atoms. The lowest BCUT2D eigenvalue weighted by Crippen LogP contribution is -2.29. The number of amides is 2. The minimum Gasteiger partial charge on any atom is -0.455 e. The largest absolute Gasteiger partial charge is 0.586 e. The highest BCUT2D eigenvalue weighted by molar-refractivity contribution is 6.31. The smallest absolute Gasteiger partial charge is 0.455 e. The van der Waals surface area contributed by atoms with Crippen LogP contribution in [0, 0.1) is 0 Å². The van der Waals surface area contributed by atoms with Crippen molar-refractivity contribution in [3.8, 4) is 11.5 Å². The van der Waals surface area contributed by atoms with Crippen LogP contribution in [0.2, 0.25) is 5.02 Å². The molecule has 3 rings (SSSR count). The van der Waals surface area contributed by atoms with Crippen molar-refractivity contribution in [2.45, 2.75) is 25.7 Å². The van der Waals surface area contributed by atoms with Crippen LogP contribution >= 0.6 is 11.6 Å². The fraction of sp³-hybridized carbons (Fsp3) is 0.250. The summed E-state index contributed by atoms with van der Waals surface area (Å²) in [6.45, 7) is 0.669. The molecule has 1 aliphatic rings. The molecular formula is C20H17ClF2N2O6. The van der Waals surface area contributed by atoms with Gasteiger partial charge in [0.05, 0.1) is 12.5 Å². The van der Waals surface area contributed by atoms with Crippen LogP contribution < -0.4 is 20.1 Å². The van der Waals surface area contributed by atoms with Gasteiger partial charge >= 0.3 is 12.3 Å². The molecule has 0 saturated carbocycles. The number of nitrogens with one attached hydrogen (secondary N) is 2. The predicted octanol–water partition coefficient (Wildman–Crippen LogP) is 3.41. The molecule has 2 aromatic carbocycles. The number of rotatable bonds is 7. The summed E-state index contributed by atoms with van der Waals surface area (Å²) >= 11 is 6.13. The normalized spacial score (nSPS) is 14.5. The molecule has 2 N–H and O–H groups in total. The first-order valence-electron chi connectivity index (χ1n) is 9.00. The molecule has 164 valence electrons. The minimum absolute atomic E-state index is 0.147. The molecule has 1 unspecified atom stereocenters. The van der Waals surface area contributed by atoms with Crippen molar-refractivity contribution in [2.24, 2.45) is 0 Å². The molecule has 11 heteroatoms. The topological polar surface area (TPSA) is 103 Å². The Hall–Kier alpha value is -3.40. The molecule has 8 nitrogen and oxygen atoms in total. The number of benzene rings is 2. The van der Waals surface area contributed by atoms with Crippen molar-refractivity contribution in [3.63, 3.8) is 0 Å². The number of fused-ring (bicyclic) bond motifs is 1. The fourth-order valence-corrected chi connectivity index (χ4v) is 3.10. The third-order valence-electron chi connectivity index (χ3n) is 4.08. The second-order valence-corrected chi connectivity index (χ2v) is 6.92. The van der Waals surface area contributed by atoms with Gasteiger partial charge in [0.2, 0.25) is 5.91 Å². The molecule has 0 aromatic heterocycles. The van der Waals surface area contributed by atoms with Crippen LogP contribution in [0.5, 0.6) is 11.5 Å². The number of esters is 1. The molecule has 2 aromatic rings. The van der Waals surface area contributed by atoms with Crippen LogP contribution in [0.25, 0.3) is 0 Å². The van der Waals surface area contributed by atoms with Gasteiger partial charge in [-0.2, -0.15) is 0 Å². The van der Waals surface area contributed by atoms with Crippen molar-refractivity contribution in [2.75, 3.05) is 11.9 Å². The monoisotopic (exact) mass is 454 g/mol. The van der Waals surface area contributed by atoms with Crippen LogP contribution in [0.15, 0.2) is 42.5 Å². The number of hydrogen-bond acceptors (Lipinski definition) is 6. The van der Waals surface area contributed by atoms with Crippen molar-refractivity contribution in [1.82, 2.24) is 5.32 Å². The van der Waals surface area contributed by atoms with Gasteiger partial charge in [0.15, 0.2) is 18.1 Å². The Morgan fingerprint density at radius 3 is 2.55 bits per heavy atom. The molecule has 2 amide bonds. The van der Waals surface area contributed by atoms with Gasteiger partial charge in [0, 0.05) is 23.7 Å². The van der Waals surface area contributed by atoms with E-state index in [2.05, 4.69) is 20.1 Å². The highest BCUT2D eigenvalue weighted by Gasteiger charge is 2.43. The van der Waals surface area contributed by atoms with E-state index in [0.717, 1.165) is 6.07 Å². The SMILES string of the molecule is CC(=O)NC(CC(=O)OCC(=O)Nc1ccc2c(c1)OC(F)(F)O2)c1ccccc1Cl. The van der Waals surface area contributed by atoms with Gasteiger partial charge in [-0.15, -0.1) is 8.78 Å². The van der Waals surface area contributed by atoms with E-state index in [4.69, 9.17) is 16.3 Å². The van der Waals surface area contributed by atoms with Crippen molar-refractivity contribution >= 4 is 35.1 Å². The summed E-state index contributed by atoms with van der Waals surface area (Å²) < 4.78 is 39.6. The standard InChI is InChI=1S/C20H17ClF2N2O6/c1-11(26)24-15(13-4-2-3-5-14(13)21)9-19(28)29-10-18(27)25-12-6-7-16-17(8-12)31-20(22,23)30-16/h2-8,15H,9-10H2,1H3,(H,24,26)(H,25,27). The van der Waals surface area contributed by atoms with Crippen molar-refractivity contribution < 1.29 is 37.4 Å². The van der Waals surface area contributed by atoms with E-state index in [9.17, 15) is 23.2 Å². The van der Waals surface area contributed by atoms with Crippen LogP contribution in [-0.4, -0.2) is 30.7 Å². The first kappa shape index (κ1) is 22.3. The summed E-state index contributed by atoms with van der Waals surface area (Å²) in [6, 6.07) is 9.63. The Kier molecular flexibility index (Phi) is 6.59. The van der Waals surface area contributed by atoms with Gasteiger partial charge in [0.1, 0.15) is 0 Å². The van der Waals surface area contributed by atoms with Crippen molar-refractivity contribution in [3.05, 3.63) is 53.1 Å². The third kappa shape index (κ3) is 6.05. The number of alkyl halides is 2. The van der Waals surface area contributed by atoms with Gasteiger partial charge in [-0.1, -0.05) is 29.8 Å². The number of ether oxygens (including phenoxy) is 3. The molecule has 1 heterocycles. The first-order valence-corrected chi connectivity index (χ1v) is 9.37. The molecule has 1 atom stereocenters. The first-order chi connectivity index (χ1) is 14.6. The van der Waals surface area contributed by atoms with Crippen LogP contribution in [0.1, 0.15) is 24.9 Å². The quantitative estimate of drug-likeness (QED) is 0.621. The predicted molar refractivity (Wildman–Crippen MR) is 105 cm³/mol. The molecule has 1 aliphatic heterocycles. The lowest BCUT2D eigenvalue weighted by atomic mass is 10.0. The average Bonchev–Trinajstić information content (AvgIpc) is 2.99. The van der Waals surface area contributed by atoms with E-state index in [1.165, 1.54) is 19.1 Å². The minimum atomic E-state index is -3.77. The Morgan fingerprint density at radius 2 is 1.84 bits per heavy atom. The van der Waals surface area contributed by atoms with Crippen molar-refractivity contribution in [1.29, 1.82) is 0 Å². The Morgan fingerprint density at radius 1 is 1.13 bits per heavy atom. The molecule has 0 bridgehead atoms. The lowest BCUT2D eigenvalue weighted by Gasteiger charge is -2.18. The summed E-state index contributed by atoms with van der Waals surface area (Å²) in [7, 11) is 0. The molecule has 0 radical (unpaired) electrons. The van der Waals surface area contributed by atoms with Gasteiger partial charge in [-0.25, -0.2) is 0 Å². The van der Waals surface area contributed by atoms with E-state index in [-0.39, 0.29) is 29.5 Å². The number of halogens is 3. The maximum atomic E-state index is 13.0. The maximum absolute atomic E-state index is 13.0. The van der Waals surface area contributed by atoms with E-state index < -0.39 is 30.8 Å². The molecule has 0 aliphatic carbocycles. The summed E-state index contributed by atoms with van der Waals surface area (Å²) in [5.41, 5.74) is 0.672. The Balaban J connectivity index is 1.54. The van der Waals surface area contributed by atoms with Gasteiger partial charge in [0.25, 0.3) is 5.91 Å². The highest BCUT2D eigenvalue weighted by atomic mass is 35.5. The second-order valence-electron chi connectivity index (χ2n) is 6.52. The maximum Gasteiger partial charge on any atom is 0.586 e. The van der Waals surface area contributed by atoms with Crippen LogP contribution in [0.4, 0.5) is 14.5 Å². The van der Waals surface area contributed by atoms with E-state index in [0.29, 0.717) is 10.6 Å². The van der Waals surface area contributed by atoms with Gasteiger partial charge < -0.3 is 24.8 Å². The number of carbonyl (C=O) groups is 3. The lowest BCUT2D eigenvalue weighted by molar-refractivity contribution is -0.286. The number of hydrogen-bond donors (Lipinski definition) is 2. The Labute approximate surface area is 180 Å². The Bertz CT molecular complexity index is 1020. The zero-order valence-corrected chi connectivity index (χ0v) is 16.9. The zero-order valence-electron chi connectivity index (χ0n) is 16.1. The zero-order chi connectivity index (χ0) is 22.6. The fourth-order valence-electron chi connectivity index (χ4n) is 2.84. The molecular weight excluding hydrogens is 438 g/mol. The number of anilines is 1. The van der Waals surface area contributed by atoms with Crippen LogP contribution in [-0.2, 0) is 19.1 Å². The van der Waals surface area contributed by atoms with Gasteiger partial charge in [-0.3, -0.25) is 14.4 Å². The van der Waals surface area contributed by atoms with E-state index in [1.807, 2.05) is 0 Å². The second kappa shape index (κ2) is 9.17. The number of carbonyl (C=O) groups excluding carboxylic acids is 3. The van der Waals surface area contributed by atoms with E-state index >= 15 is 0 Å².